The normalized spacial score (nSPS) is 51.8. The average Bonchev–Trinajstić information content (AvgIpc) is 2.95. The monoisotopic (exact) mass is 402 g/mol. The van der Waals surface area contributed by atoms with Gasteiger partial charge in [0, 0.05) is 17.9 Å². The number of hydrogen-bond donors (Lipinski definition) is 3. The van der Waals surface area contributed by atoms with Crippen LogP contribution < -0.4 is 5.63 Å². The minimum Gasteiger partial charge on any atom is -0.431 e. The molecule has 1 heterocycles. The molecule has 4 aliphatic carbocycles. The van der Waals surface area contributed by atoms with Crippen LogP contribution in [0.1, 0.15) is 83.1 Å². The van der Waals surface area contributed by atoms with Gasteiger partial charge in [0.15, 0.2) is 0 Å². The molecule has 0 amide bonds. The molecule has 0 radical (unpaired) electrons. The van der Waals surface area contributed by atoms with E-state index >= 15 is 0 Å². The van der Waals surface area contributed by atoms with E-state index < -0.39 is 17.3 Å². The molecule has 4 saturated carbocycles. The van der Waals surface area contributed by atoms with Crippen LogP contribution in [0.2, 0.25) is 0 Å². The first-order valence-corrected chi connectivity index (χ1v) is 11.3. The molecule has 160 valence electrons. The van der Waals surface area contributed by atoms with E-state index in [-0.39, 0.29) is 34.2 Å². The molecule has 4 fully saturated rings. The molecule has 0 aliphatic heterocycles. The van der Waals surface area contributed by atoms with Gasteiger partial charge in [-0.15, -0.1) is 0 Å². The minimum absolute atomic E-state index is 0.169. The molecule has 5 nitrogen and oxygen atoms in total. The SMILES string of the molecule is C[C@]12CC[C@H](O)C[C@@]1(O)CC[C@H]1[C@@H]2CC[C@]2(C)[C@@H](c3ccc(=O)oc3)CC[C@]12O. The molecule has 0 bridgehead atoms. The van der Waals surface area contributed by atoms with Crippen molar-refractivity contribution in [3.8, 4) is 0 Å². The standard InChI is InChI=1S/C24H34O5/c1-21-9-5-16(25)13-23(21,27)11-7-19-18(21)6-10-22(2)17(8-12-24(19,22)28)15-3-4-20(26)29-14-15/h3-4,14,16-19,25,27-28H,5-13H2,1-2H3/t16-,17+,18-,19-,21+,22+,23-,24-/m0/s1. The molecule has 29 heavy (non-hydrogen) atoms. The minimum atomic E-state index is -0.823. The second kappa shape index (κ2) is 6.18. The van der Waals surface area contributed by atoms with Crippen LogP contribution in [-0.2, 0) is 0 Å². The number of fused-ring (bicyclic) bond motifs is 5. The molecule has 5 heteroatoms. The third-order valence-corrected chi connectivity index (χ3v) is 10.1. The van der Waals surface area contributed by atoms with Gasteiger partial charge in [-0.3, -0.25) is 0 Å². The summed E-state index contributed by atoms with van der Waals surface area (Å²) in [6.45, 7) is 4.43. The molecule has 5 rings (SSSR count). The molecule has 0 unspecified atom stereocenters. The Morgan fingerprint density at radius 3 is 2.38 bits per heavy atom. The van der Waals surface area contributed by atoms with Crippen LogP contribution in [0.4, 0.5) is 0 Å². The fraction of sp³-hybridized carbons (Fsp3) is 0.792. The van der Waals surface area contributed by atoms with Crippen molar-refractivity contribution in [2.24, 2.45) is 22.7 Å². The molecule has 0 spiro atoms. The van der Waals surface area contributed by atoms with Gasteiger partial charge in [-0.25, -0.2) is 4.79 Å². The first kappa shape index (κ1) is 19.8. The number of rotatable bonds is 1. The van der Waals surface area contributed by atoms with Gasteiger partial charge in [-0.1, -0.05) is 13.8 Å². The van der Waals surface area contributed by atoms with Gasteiger partial charge >= 0.3 is 5.63 Å². The smallest absolute Gasteiger partial charge is 0.335 e. The van der Waals surface area contributed by atoms with Crippen molar-refractivity contribution >= 4 is 0 Å². The van der Waals surface area contributed by atoms with Gasteiger partial charge in [0.1, 0.15) is 0 Å². The fourth-order valence-corrected chi connectivity index (χ4v) is 8.30. The Hall–Kier alpha value is -1.17. The molecule has 1 aromatic rings. The highest BCUT2D eigenvalue weighted by molar-refractivity contribution is 5.27. The predicted molar refractivity (Wildman–Crippen MR) is 108 cm³/mol. The Kier molecular flexibility index (Phi) is 4.21. The van der Waals surface area contributed by atoms with Gasteiger partial charge in [0.05, 0.1) is 23.6 Å². The maximum Gasteiger partial charge on any atom is 0.335 e. The third kappa shape index (κ3) is 2.47. The second-order valence-electron chi connectivity index (χ2n) is 11.0. The number of aliphatic hydroxyl groups is 3. The van der Waals surface area contributed by atoms with Crippen LogP contribution in [0.5, 0.6) is 0 Å². The molecule has 0 saturated heterocycles. The van der Waals surface area contributed by atoms with Crippen molar-refractivity contribution in [3.63, 3.8) is 0 Å². The predicted octanol–water partition coefficient (Wildman–Crippen LogP) is 3.36. The average molecular weight is 403 g/mol. The van der Waals surface area contributed by atoms with E-state index in [1.54, 1.807) is 6.26 Å². The zero-order chi connectivity index (χ0) is 20.7. The van der Waals surface area contributed by atoms with E-state index in [0.717, 1.165) is 50.5 Å². The van der Waals surface area contributed by atoms with Crippen molar-refractivity contribution in [1.29, 1.82) is 0 Å². The second-order valence-corrected chi connectivity index (χ2v) is 11.0. The van der Waals surface area contributed by atoms with Crippen molar-refractivity contribution in [3.05, 3.63) is 34.4 Å². The maximum absolute atomic E-state index is 12.2. The third-order valence-electron chi connectivity index (χ3n) is 10.1. The summed E-state index contributed by atoms with van der Waals surface area (Å²) in [4.78, 5) is 11.4. The summed E-state index contributed by atoms with van der Waals surface area (Å²) < 4.78 is 5.15. The molecule has 0 aromatic carbocycles. The molecule has 1 aromatic heterocycles. The lowest BCUT2D eigenvalue weighted by Gasteiger charge is -2.66. The number of hydrogen-bond acceptors (Lipinski definition) is 5. The summed E-state index contributed by atoms with van der Waals surface area (Å²) in [5, 5.41) is 33.9. The summed E-state index contributed by atoms with van der Waals surface area (Å²) in [6, 6.07) is 3.35. The molecular formula is C24H34O5. The van der Waals surface area contributed by atoms with Crippen molar-refractivity contribution < 1.29 is 19.7 Å². The highest BCUT2D eigenvalue weighted by atomic mass is 16.4. The van der Waals surface area contributed by atoms with Gasteiger partial charge in [0.2, 0.25) is 0 Å². The Balaban J connectivity index is 1.50. The quantitative estimate of drug-likeness (QED) is 0.670. The van der Waals surface area contributed by atoms with Crippen molar-refractivity contribution in [2.45, 2.75) is 94.9 Å². The highest BCUT2D eigenvalue weighted by Crippen LogP contribution is 2.71. The first-order chi connectivity index (χ1) is 13.6. The summed E-state index contributed by atoms with van der Waals surface area (Å²) in [7, 11) is 0. The van der Waals surface area contributed by atoms with Gasteiger partial charge in [0.25, 0.3) is 0 Å². The zero-order valence-electron chi connectivity index (χ0n) is 17.6. The Morgan fingerprint density at radius 1 is 0.931 bits per heavy atom. The Bertz CT molecular complexity index is 845. The summed E-state index contributed by atoms with van der Waals surface area (Å²) >= 11 is 0. The van der Waals surface area contributed by atoms with Crippen LogP contribution >= 0.6 is 0 Å². The highest BCUT2D eigenvalue weighted by Gasteiger charge is 2.69. The summed E-state index contributed by atoms with van der Waals surface area (Å²) in [5.74, 6) is 0.626. The lowest BCUT2D eigenvalue weighted by atomic mass is 9.42. The lowest BCUT2D eigenvalue weighted by molar-refractivity contribution is -0.253. The maximum atomic E-state index is 12.2. The van der Waals surface area contributed by atoms with Gasteiger partial charge < -0.3 is 19.7 Å². The largest absolute Gasteiger partial charge is 0.431 e. The van der Waals surface area contributed by atoms with E-state index in [1.807, 2.05) is 6.07 Å². The van der Waals surface area contributed by atoms with Crippen molar-refractivity contribution in [1.82, 2.24) is 0 Å². The molecule has 8 atom stereocenters. The lowest BCUT2D eigenvalue weighted by Crippen LogP contribution is -2.67. The van der Waals surface area contributed by atoms with E-state index in [2.05, 4.69) is 13.8 Å². The topological polar surface area (TPSA) is 90.9 Å². The summed E-state index contributed by atoms with van der Waals surface area (Å²) in [6.07, 6.45) is 8.22. The Morgan fingerprint density at radius 2 is 1.66 bits per heavy atom. The van der Waals surface area contributed by atoms with Crippen LogP contribution in [0.25, 0.3) is 0 Å². The van der Waals surface area contributed by atoms with Crippen molar-refractivity contribution in [2.75, 3.05) is 0 Å². The van der Waals surface area contributed by atoms with E-state index in [1.165, 1.54) is 6.07 Å². The van der Waals surface area contributed by atoms with Crippen LogP contribution in [0.3, 0.4) is 0 Å². The molecule has 4 aliphatic rings. The van der Waals surface area contributed by atoms with Gasteiger partial charge in [-0.05, 0) is 86.2 Å². The van der Waals surface area contributed by atoms with Gasteiger partial charge in [-0.2, -0.15) is 0 Å². The summed E-state index contributed by atoms with van der Waals surface area (Å²) in [5.41, 5.74) is -1.41. The first-order valence-electron chi connectivity index (χ1n) is 11.3. The molecule has 3 N–H and O–H groups in total. The van der Waals surface area contributed by atoms with E-state index in [0.29, 0.717) is 12.8 Å². The van der Waals surface area contributed by atoms with E-state index in [9.17, 15) is 20.1 Å². The van der Waals surface area contributed by atoms with Crippen LogP contribution in [0.15, 0.2) is 27.6 Å². The molecular weight excluding hydrogens is 368 g/mol. The van der Waals surface area contributed by atoms with Crippen LogP contribution in [-0.4, -0.2) is 32.6 Å². The fourth-order valence-electron chi connectivity index (χ4n) is 8.30. The van der Waals surface area contributed by atoms with Crippen LogP contribution in [0, 0.1) is 22.7 Å². The zero-order valence-corrected chi connectivity index (χ0v) is 17.6. The van der Waals surface area contributed by atoms with E-state index in [4.69, 9.17) is 4.42 Å². The number of aliphatic hydroxyl groups excluding tert-OH is 1. The Labute approximate surface area is 172 Å².